The molecule has 1 aliphatic heterocycles. The van der Waals surface area contributed by atoms with Crippen LogP contribution >= 0.6 is 27.7 Å². The molecule has 0 radical (unpaired) electrons. The van der Waals surface area contributed by atoms with E-state index >= 15 is 0 Å². The fraction of sp³-hybridized carbons (Fsp3) is 0.250. The van der Waals surface area contributed by atoms with Crippen molar-refractivity contribution in [3.8, 4) is 11.4 Å². The number of carbonyl (C=O) groups excluding carboxylic acids is 1. The maximum Gasteiger partial charge on any atom is 0.238 e. The molecule has 1 aromatic carbocycles. The van der Waals surface area contributed by atoms with Crippen molar-refractivity contribution in [2.24, 2.45) is 0 Å². The standard InChI is InChI=1S/C12H8BrFN2O2S/c13-9-2-1-6(14)3-7(9)11-15-12(18-16-11)8-4-19-5-10(8)17/h1-3,8H,4-5H2. The van der Waals surface area contributed by atoms with E-state index in [1.807, 2.05) is 0 Å². The zero-order valence-electron chi connectivity index (χ0n) is 9.60. The van der Waals surface area contributed by atoms with Crippen LogP contribution in [0.5, 0.6) is 0 Å². The van der Waals surface area contributed by atoms with Crippen LogP contribution in [0, 0.1) is 5.82 Å². The fourth-order valence-electron chi connectivity index (χ4n) is 1.83. The van der Waals surface area contributed by atoms with Crippen molar-refractivity contribution >= 4 is 33.5 Å². The number of rotatable bonds is 2. The summed E-state index contributed by atoms with van der Waals surface area (Å²) >= 11 is 4.86. The van der Waals surface area contributed by atoms with Crippen LogP contribution in [0.2, 0.25) is 0 Å². The summed E-state index contributed by atoms with van der Waals surface area (Å²) in [6.07, 6.45) is 0. The summed E-state index contributed by atoms with van der Waals surface area (Å²) in [7, 11) is 0. The van der Waals surface area contributed by atoms with E-state index in [4.69, 9.17) is 4.52 Å². The molecule has 1 aromatic heterocycles. The van der Waals surface area contributed by atoms with E-state index in [9.17, 15) is 9.18 Å². The summed E-state index contributed by atoms with van der Waals surface area (Å²) in [6, 6.07) is 4.24. The Bertz CT molecular complexity index is 646. The van der Waals surface area contributed by atoms with Gasteiger partial charge >= 0.3 is 0 Å². The molecular weight excluding hydrogens is 335 g/mol. The van der Waals surface area contributed by atoms with Crippen molar-refractivity contribution in [3.05, 3.63) is 34.4 Å². The number of carbonyl (C=O) groups is 1. The normalized spacial score (nSPS) is 19.1. The molecule has 3 rings (SSSR count). The molecule has 1 unspecified atom stereocenters. The minimum atomic E-state index is -0.378. The molecule has 1 fully saturated rings. The number of benzene rings is 1. The van der Waals surface area contributed by atoms with E-state index < -0.39 is 0 Å². The maximum absolute atomic E-state index is 13.2. The molecule has 0 spiro atoms. The second kappa shape index (κ2) is 5.05. The molecule has 2 heterocycles. The molecule has 1 atom stereocenters. The molecule has 1 aliphatic rings. The predicted molar refractivity (Wildman–Crippen MR) is 72.5 cm³/mol. The molecular formula is C12H8BrFN2O2S. The molecule has 98 valence electrons. The van der Waals surface area contributed by atoms with Crippen molar-refractivity contribution in [3.63, 3.8) is 0 Å². The molecule has 1 saturated heterocycles. The van der Waals surface area contributed by atoms with Crippen LogP contribution < -0.4 is 0 Å². The van der Waals surface area contributed by atoms with Gasteiger partial charge in [0.2, 0.25) is 11.7 Å². The van der Waals surface area contributed by atoms with Crippen LogP contribution in [0.1, 0.15) is 11.8 Å². The Labute approximate surface area is 120 Å². The monoisotopic (exact) mass is 342 g/mol. The number of thioether (sulfide) groups is 1. The largest absolute Gasteiger partial charge is 0.338 e. The summed E-state index contributed by atoms with van der Waals surface area (Å²) in [6.45, 7) is 0. The third kappa shape index (κ3) is 2.44. The molecule has 0 bridgehead atoms. The number of aromatic nitrogens is 2. The van der Waals surface area contributed by atoms with E-state index in [2.05, 4.69) is 26.1 Å². The number of halogens is 2. The van der Waals surface area contributed by atoms with Crippen molar-refractivity contribution in [1.82, 2.24) is 10.1 Å². The number of hydrogen-bond donors (Lipinski definition) is 0. The van der Waals surface area contributed by atoms with Crippen molar-refractivity contribution in [2.45, 2.75) is 5.92 Å². The van der Waals surface area contributed by atoms with Crippen LogP contribution in [0.3, 0.4) is 0 Å². The van der Waals surface area contributed by atoms with Crippen LogP contribution in [-0.4, -0.2) is 27.4 Å². The topological polar surface area (TPSA) is 56.0 Å². The highest BCUT2D eigenvalue weighted by atomic mass is 79.9. The molecule has 2 aromatic rings. The van der Waals surface area contributed by atoms with Gasteiger partial charge in [-0.15, -0.1) is 0 Å². The quantitative estimate of drug-likeness (QED) is 0.839. The Hall–Kier alpha value is -1.21. The van der Waals surface area contributed by atoms with Gasteiger partial charge in [-0.25, -0.2) is 4.39 Å². The van der Waals surface area contributed by atoms with Crippen molar-refractivity contribution in [1.29, 1.82) is 0 Å². The Morgan fingerprint density at radius 1 is 1.47 bits per heavy atom. The van der Waals surface area contributed by atoms with Gasteiger partial charge in [0.1, 0.15) is 11.7 Å². The summed E-state index contributed by atoms with van der Waals surface area (Å²) in [5.41, 5.74) is 0.507. The predicted octanol–water partition coefficient (Wildman–Crippen LogP) is 3.04. The minimum absolute atomic E-state index is 0.0958. The molecule has 7 heteroatoms. The molecule has 19 heavy (non-hydrogen) atoms. The van der Waals surface area contributed by atoms with Gasteiger partial charge in [-0.3, -0.25) is 4.79 Å². The Kier molecular flexibility index (Phi) is 3.40. The van der Waals surface area contributed by atoms with Gasteiger partial charge in [-0.05, 0) is 18.2 Å². The molecule has 4 nitrogen and oxygen atoms in total. The first kappa shape index (κ1) is 12.8. The summed E-state index contributed by atoms with van der Waals surface area (Å²) in [4.78, 5) is 15.8. The van der Waals surface area contributed by atoms with E-state index in [0.29, 0.717) is 27.4 Å². The number of nitrogens with zero attached hydrogens (tertiary/aromatic N) is 2. The first-order valence-electron chi connectivity index (χ1n) is 5.54. The number of hydrogen-bond acceptors (Lipinski definition) is 5. The number of Topliss-reactive ketones (excluding diaryl/α,β-unsaturated/α-hetero) is 1. The zero-order valence-corrected chi connectivity index (χ0v) is 12.0. The zero-order chi connectivity index (χ0) is 13.4. The van der Waals surface area contributed by atoms with Gasteiger partial charge in [0, 0.05) is 15.8 Å². The Morgan fingerprint density at radius 2 is 2.32 bits per heavy atom. The van der Waals surface area contributed by atoms with E-state index in [-0.39, 0.29) is 23.3 Å². The van der Waals surface area contributed by atoms with Gasteiger partial charge in [-0.1, -0.05) is 21.1 Å². The van der Waals surface area contributed by atoms with Gasteiger partial charge in [0.25, 0.3) is 0 Å². The average Bonchev–Trinajstić information content (AvgIpc) is 3.00. The second-order valence-electron chi connectivity index (χ2n) is 4.11. The van der Waals surface area contributed by atoms with Crippen LogP contribution in [0.4, 0.5) is 4.39 Å². The smallest absolute Gasteiger partial charge is 0.238 e. The fourth-order valence-corrected chi connectivity index (χ4v) is 3.34. The molecule has 0 aliphatic carbocycles. The third-order valence-electron chi connectivity index (χ3n) is 2.83. The minimum Gasteiger partial charge on any atom is -0.338 e. The Balaban J connectivity index is 1.97. The van der Waals surface area contributed by atoms with Crippen molar-refractivity contribution in [2.75, 3.05) is 11.5 Å². The molecule has 0 saturated carbocycles. The molecule has 0 amide bonds. The van der Waals surface area contributed by atoms with Crippen LogP contribution in [-0.2, 0) is 4.79 Å². The lowest BCUT2D eigenvalue weighted by atomic mass is 10.1. The summed E-state index contributed by atoms with van der Waals surface area (Å²) < 4.78 is 19.0. The highest BCUT2D eigenvalue weighted by Gasteiger charge is 2.31. The summed E-state index contributed by atoms with van der Waals surface area (Å²) in [5.74, 6) is 1.11. The third-order valence-corrected chi connectivity index (χ3v) is 4.58. The lowest BCUT2D eigenvalue weighted by Crippen LogP contribution is -2.09. The van der Waals surface area contributed by atoms with Gasteiger partial charge in [-0.2, -0.15) is 16.7 Å². The first-order valence-corrected chi connectivity index (χ1v) is 7.49. The van der Waals surface area contributed by atoms with E-state index in [0.717, 1.165) is 0 Å². The highest BCUT2D eigenvalue weighted by molar-refractivity contribution is 9.10. The highest BCUT2D eigenvalue weighted by Crippen LogP contribution is 2.31. The van der Waals surface area contributed by atoms with Gasteiger partial charge in [0.05, 0.1) is 5.75 Å². The second-order valence-corrected chi connectivity index (χ2v) is 6.00. The van der Waals surface area contributed by atoms with E-state index in [1.54, 1.807) is 17.8 Å². The number of ketones is 1. The lowest BCUT2D eigenvalue weighted by Gasteiger charge is -1.99. The average molecular weight is 343 g/mol. The maximum atomic E-state index is 13.2. The van der Waals surface area contributed by atoms with Crippen molar-refractivity contribution < 1.29 is 13.7 Å². The van der Waals surface area contributed by atoms with Gasteiger partial charge < -0.3 is 4.52 Å². The first-order chi connectivity index (χ1) is 9.15. The lowest BCUT2D eigenvalue weighted by molar-refractivity contribution is -0.117. The van der Waals surface area contributed by atoms with Crippen LogP contribution in [0.15, 0.2) is 27.2 Å². The SMILES string of the molecule is O=C1CSCC1c1nc(-c2cc(F)ccc2Br)no1. The Morgan fingerprint density at radius 3 is 3.05 bits per heavy atom. The summed E-state index contributed by atoms with van der Waals surface area (Å²) in [5, 5.41) is 3.82. The van der Waals surface area contributed by atoms with E-state index in [1.165, 1.54) is 12.1 Å². The molecule has 0 N–H and O–H groups in total. The van der Waals surface area contributed by atoms with Crippen LogP contribution in [0.25, 0.3) is 11.4 Å². The van der Waals surface area contributed by atoms with Gasteiger partial charge in [0.15, 0.2) is 5.78 Å².